The molecule has 0 amide bonds. The molecule has 0 unspecified atom stereocenters. The van der Waals surface area contributed by atoms with Crippen LogP contribution in [-0.4, -0.2) is 6.36 Å². The molecule has 158 valence electrons. The summed E-state index contributed by atoms with van der Waals surface area (Å²) < 4.78 is 40.6. The van der Waals surface area contributed by atoms with Crippen molar-refractivity contribution in [2.45, 2.75) is 77.0 Å². The molecule has 4 heteroatoms. The normalized spacial score (nSPS) is 19.9. The van der Waals surface area contributed by atoms with E-state index in [1.165, 1.54) is 68.2 Å². The fraction of sp³-hybridized carbons (Fsp3) is 0.520. The molecule has 0 heterocycles. The van der Waals surface area contributed by atoms with Crippen LogP contribution in [-0.2, 0) is 12.8 Å². The molecule has 1 saturated carbocycles. The quantitative estimate of drug-likeness (QED) is 0.435. The minimum atomic E-state index is -4.64. The van der Waals surface area contributed by atoms with Gasteiger partial charge >= 0.3 is 6.36 Å². The minimum Gasteiger partial charge on any atom is -0.406 e. The van der Waals surface area contributed by atoms with Gasteiger partial charge in [0.1, 0.15) is 5.75 Å². The van der Waals surface area contributed by atoms with Crippen LogP contribution >= 0.6 is 0 Å². The molecule has 1 aliphatic rings. The van der Waals surface area contributed by atoms with Gasteiger partial charge in [-0.3, -0.25) is 0 Å². The highest BCUT2D eigenvalue weighted by Crippen LogP contribution is 2.37. The zero-order valence-electron chi connectivity index (χ0n) is 17.2. The van der Waals surface area contributed by atoms with Gasteiger partial charge in [-0.05, 0) is 79.2 Å². The average Bonchev–Trinajstić information content (AvgIpc) is 2.71. The van der Waals surface area contributed by atoms with E-state index in [-0.39, 0.29) is 5.75 Å². The van der Waals surface area contributed by atoms with E-state index in [1.807, 2.05) is 0 Å². The van der Waals surface area contributed by atoms with Gasteiger partial charge in [-0.25, -0.2) is 0 Å². The van der Waals surface area contributed by atoms with E-state index in [1.54, 1.807) is 12.1 Å². The van der Waals surface area contributed by atoms with Gasteiger partial charge in [-0.1, -0.05) is 62.6 Å². The molecule has 0 radical (unpaired) electrons. The lowest BCUT2D eigenvalue weighted by Crippen LogP contribution is -2.17. The first-order chi connectivity index (χ1) is 13.9. The first-order valence-corrected chi connectivity index (χ1v) is 10.9. The molecule has 0 aromatic heterocycles. The van der Waals surface area contributed by atoms with Crippen molar-refractivity contribution in [2.75, 3.05) is 0 Å². The standard InChI is InChI=1S/C25H31F3O/c1-2-3-4-19-7-13-22(14-8-19)23-15-9-20(10-16-23)5-6-21-11-17-24(18-12-21)29-25(26,27)28/h9-12,15-19,22H,2-8,13-14H2,1H3/t19-,22-. The molecule has 1 fully saturated rings. The topological polar surface area (TPSA) is 9.23 Å². The van der Waals surface area contributed by atoms with Crippen LogP contribution in [0.5, 0.6) is 5.75 Å². The summed E-state index contributed by atoms with van der Waals surface area (Å²) in [6.45, 7) is 2.27. The van der Waals surface area contributed by atoms with Crippen LogP contribution in [0.3, 0.4) is 0 Å². The molecule has 3 rings (SSSR count). The second-order valence-corrected chi connectivity index (χ2v) is 8.29. The summed E-state index contributed by atoms with van der Waals surface area (Å²) in [5, 5.41) is 0. The highest BCUT2D eigenvalue weighted by molar-refractivity contribution is 5.30. The SMILES string of the molecule is CCCC[C@H]1CC[C@H](c2ccc(CCc3ccc(OC(F)(F)F)cc3)cc2)CC1. The Bertz CT molecular complexity index is 726. The van der Waals surface area contributed by atoms with Crippen molar-refractivity contribution in [2.24, 2.45) is 5.92 Å². The molecule has 0 spiro atoms. The maximum absolute atomic E-state index is 12.2. The third-order valence-corrected chi connectivity index (χ3v) is 6.12. The molecule has 2 aromatic rings. The first-order valence-electron chi connectivity index (χ1n) is 10.9. The van der Waals surface area contributed by atoms with Gasteiger partial charge in [0.05, 0.1) is 0 Å². The summed E-state index contributed by atoms with van der Waals surface area (Å²) in [5.74, 6) is 1.46. The third-order valence-electron chi connectivity index (χ3n) is 6.12. The molecule has 0 aliphatic heterocycles. The predicted octanol–water partition coefficient (Wildman–Crippen LogP) is 7.83. The molecular formula is C25H31F3O. The zero-order valence-corrected chi connectivity index (χ0v) is 17.2. The maximum atomic E-state index is 12.2. The fourth-order valence-electron chi connectivity index (χ4n) is 4.38. The lowest BCUT2D eigenvalue weighted by molar-refractivity contribution is -0.274. The summed E-state index contributed by atoms with van der Waals surface area (Å²) in [5.41, 5.74) is 3.73. The molecule has 0 bridgehead atoms. The molecule has 1 aliphatic carbocycles. The Morgan fingerprint density at radius 2 is 1.38 bits per heavy atom. The van der Waals surface area contributed by atoms with Crippen molar-refractivity contribution < 1.29 is 17.9 Å². The van der Waals surface area contributed by atoms with E-state index in [0.717, 1.165) is 24.3 Å². The Balaban J connectivity index is 1.46. The number of hydrogen-bond acceptors (Lipinski definition) is 1. The van der Waals surface area contributed by atoms with Gasteiger partial charge in [0.25, 0.3) is 0 Å². The molecule has 2 aromatic carbocycles. The molecular weight excluding hydrogens is 373 g/mol. The summed E-state index contributed by atoms with van der Waals surface area (Å²) in [7, 11) is 0. The largest absolute Gasteiger partial charge is 0.573 e. The first kappa shape index (κ1) is 21.7. The van der Waals surface area contributed by atoms with Gasteiger partial charge in [-0.2, -0.15) is 0 Å². The Hall–Kier alpha value is -1.97. The number of ether oxygens (including phenoxy) is 1. The van der Waals surface area contributed by atoms with Gasteiger partial charge in [0.15, 0.2) is 0 Å². The molecule has 0 atom stereocenters. The monoisotopic (exact) mass is 404 g/mol. The minimum absolute atomic E-state index is 0.171. The number of unbranched alkanes of at least 4 members (excludes halogenated alkanes) is 1. The van der Waals surface area contributed by atoms with Crippen molar-refractivity contribution in [3.8, 4) is 5.75 Å². The van der Waals surface area contributed by atoms with Crippen LogP contribution < -0.4 is 4.74 Å². The molecule has 0 N–H and O–H groups in total. The van der Waals surface area contributed by atoms with E-state index < -0.39 is 6.36 Å². The Labute approximate surface area is 172 Å². The van der Waals surface area contributed by atoms with Crippen LogP contribution in [0.2, 0.25) is 0 Å². The molecule has 29 heavy (non-hydrogen) atoms. The second kappa shape index (κ2) is 10.2. The predicted molar refractivity (Wildman–Crippen MR) is 111 cm³/mol. The number of alkyl halides is 3. The van der Waals surface area contributed by atoms with Gasteiger partial charge in [0.2, 0.25) is 0 Å². The van der Waals surface area contributed by atoms with Crippen molar-refractivity contribution in [1.29, 1.82) is 0 Å². The van der Waals surface area contributed by atoms with Crippen LogP contribution in [0.4, 0.5) is 13.2 Å². The van der Waals surface area contributed by atoms with E-state index in [4.69, 9.17) is 0 Å². The summed E-state index contributed by atoms with van der Waals surface area (Å²) >= 11 is 0. The zero-order chi connectivity index (χ0) is 20.7. The number of benzene rings is 2. The highest BCUT2D eigenvalue weighted by atomic mass is 19.4. The summed E-state index contributed by atoms with van der Waals surface area (Å²) in [6.07, 6.45) is 6.43. The third kappa shape index (κ3) is 7.09. The summed E-state index contributed by atoms with van der Waals surface area (Å²) in [4.78, 5) is 0. The smallest absolute Gasteiger partial charge is 0.406 e. The molecule has 1 nitrogen and oxygen atoms in total. The second-order valence-electron chi connectivity index (χ2n) is 8.29. The number of rotatable bonds is 8. The number of hydrogen-bond donors (Lipinski definition) is 0. The highest BCUT2D eigenvalue weighted by Gasteiger charge is 2.30. The fourth-order valence-corrected chi connectivity index (χ4v) is 4.38. The van der Waals surface area contributed by atoms with E-state index >= 15 is 0 Å². The Morgan fingerprint density at radius 1 is 0.828 bits per heavy atom. The van der Waals surface area contributed by atoms with E-state index in [0.29, 0.717) is 5.92 Å². The van der Waals surface area contributed by atoms with Crippen molar-refractivity contribution in [1.82, 2.24) is 0 Å². The Kier molecular flexibility index (Phi) is 7.63. The lowest BCUT2D eigenvalue weighted by atomic mass is 9.77. The number of aryl methyl sites for hydroxylation is 2. The van der Waals surface area contributed by atoms with Crippen LogP contribution in [0.25, 0.3) is 0 Å². The van der Waals surface area contributed by atoms with Crippen molar-refractivity contribution in [3.63, 3.8) is 0 Å². The van der Waals surface area contributed by atoms with Crippen molar-refractivity contribution in [3.05, 3.63) is 65.2 Å². The van der Waals surface area contributed by atoms with Crippen molar-refractivity contribution >= 4 is 0 Å². The summed E-state index contributed by atoms with van der Waals surface area (Å²) in [6, 6.07) is 15.1. The van der Waals surface area contributed by atoms with E-state index in [9.17, 15) is 13.2 Å². The van der Waals surface area contributed by atoms with Crippen LogP contribution in [0.1, 0.15) is 74.5 Å². The average molecular weight is 405 g/mol. The molecule has 0 saturated heterocycles. The maximum Gasteiger partial charge on any atom is 0.573 e. The van der Waals surface area contributed by atoms with Gasteiger partial charge in [-0.15, -0.1) is 13.2 Å². The Morgan fingerprint density at radius 3 is 1.90 bits per heavy atom. The van der Waals surface area contributed by atoms with E-state index in [2.05, 4.69) is 35.9 Å². The lowest BCUT2D eigenvalue weighted by Gasteiger charge is -2.29. The number of halogens is 3. The van der Waals surface area contributed by atoms with Gasteiger partial charge in [0, 0.05) is 0 Å². The van der Waals surface area contributed by atoms with Crippen LogP contribution in [0, 0.1) is 5.92 Å². The van der Waals surface area contributed by atoms with Gasteiger partial charge < -0.3 is 4.74 Å². The van der Waals surface area contributed by atoms with Crippen LogP contribution in [0.15, 0.2) is 48.5 Å².